The predicted octanol–water partition coefficient (Wildman–Crippen LogP) is 2.25. The van der Waals surface area contributed by atoms with Gasteiger partial charge in [0.1, 0.15) is 0 Å². The zero-order valence-electron chi connectivity index (χ0n) is 15.5. The number of nitrogens with two attached hydrogens (primary N) is 1. The zero-order chi connectivity index (χ0) is 19.5. The van der Waals surface area contributed by atoms with Crippen molar-refractivity contribution in [1.82, 2.24) is 30.4 Å². The van der Waals surface area contributed by atoms with Crippen LogP contribution in [0.2, 0.25) is 0 Å². The minimum atomic E-state index is -0.456. The number of H-pyrrole nitrogens is 1. The van der Waals surface area contributed by atoms with Crippen LogP contribution in [0, 0.1) is 0 Å². The van der Waals surface area contributed by atoms with Gasteiger partial charge < -0.3 is 0 Å². The number of aromatic nitrogens is 5. The van der Waals surface area contributed by atoms with Gasteiger partial charge in [0.15, 0.2) is 11.3 Å². The molecule has 8 heteroatoms. The average Bonchev–Trinajstić information content (AvgIpc) is 3.32. The lowest BCUT2D eigenvalue weighted by molar-refractivity contribution is 0.0950. The molecule has 0 bridgehead atoms. The Hall–Kier alpha value is -3.52. The molecule has 3 aromatic heterocycles. The Morgan fingerprint density at radius 1 is 1.29 bits per heavy atom. The fourth-order valence-corrected chi connectivity index (χ4v) is 3.93. The van der Waals surface area contributed by atoms with Crippen molar-refractivity contribution in [3.8, 4) is 16.9 Å². The lowest BCUT2D eigenvalue weighted by atomic mass is 9.74. The molecule has 1 aliphatic carbocycles. The molecule has 8 nitrogen and oxygen atoms in total. The van der Waals surface area contributed by atoms with Crippen LogP contribution in [0.15, 0.2) is 42.6 Å². The number of amides is 1. The van der Waals surface area contributed by atoms with Crippen molar-refractivity contribution in [3.63, 3.8) is 0 Å². The van der Waals surface area contributed by atoms with E-state index in [9.17, 15) is 4.79 Å². The van der Waals surface area contributed by atoms with E-state index >= 15 is 0 Å². The summed E-state index contributed by atoms with van der Waals surface area (Å²) in [5.41, 5.74) is 7.75. The molecule has 3 heterocycles. The number of carbonyl (C=O) groups is 1. The molecule has 0 atom stereocenters. The molecule has 0 radical (unpaired) electrons. The molecule has 0 spiro atoms. The Kier molecular flexibility index (Phi) is 3.41. The normalized spacial score (nSPS) is 14.5. The van der Waals surface area contributed by atoms with Crippen molar-refractivity contribution >= 4 is 16.9 Å². The summed E-state index contributed by atoms with van der Waals surface area (Å²) in [6.07, 6.45) is 2.63. The van der Waals surface area contributed by atoms with Gasteiger partial charge in [-0.2, -0.15) is 10.2 Å². The van der Waals surface area contributed by atoms with Crippen LogP contribution < -0.4 is 11.3 Å². The van der Waals surface area contributed by atoms with E-state index in [1.54, 1.807) is 4.68 Å². The molecule has 1 aliphatic rings. The van der Waals surface area contributed by atoms with Crippen LogP contribution in [0.25, 0.3) is 28.0 Å². The van der Waals surface area contributed by atoms with E-state index in [0.717, 1.165) is 34.6 Å². The Morgan fingerprint density at radius 2 is 2.07 bits per heavy atom. The standard InChI is InChI=1S/C20H19N7O/c1-20(2)9-15-12(16-14(20)10-22-25-16)8-13-17(19(28)24-21)26-27(18(13)23-15)11-6-4-3-5-7-11/h3-8,10H,9,21H2,1-2H3,(H,22,25)(H,24,28). The number of para-hydroxylation sites is 1. The first-order chi connectivity index (χ1) is 13.5. The maximum atomic E-state index is 12.4. The highest BCUT2D eigenvalue weighted by molar-refractivity contribution is 6.05. The molecular formula is C20H19N7O. The highest BCUT2D eigenvalue weighted by Gasteiger charge is 2.34. The summed E-state index contributed by atoms with van der Waals surface area (Å²) >= 11 is 0. The lowest BCUT2D eigenvalue weighted by Crippen LogP contribution is -2.30. The number of pyridine rings is 1. The van der Waals surface area contributed by atoms with Crippen LogP contribution in [-0.2, 0) is 11.8 Å². The van der Waals surface area contributed by atoms with Gasteiger partial charge in [-0.05, 0) is 30.0 Å². The van der Waals surface area contributed by atoms with Gasteiger partial charge in [0.2, 0.25) is 0 Å². The SMILES string of the molecule is CC1(C)Cc2nc3c(cc2-c2[nH]ncc21)c(C(=O)NN)nn3-c1ccccc1. The second-order valence-electron chi connectivity index (χ2n) is 7.64. The number of hydrogen-bond acceptors (Lipinski definition) is 5. The van der Waals surface area contributed by atoms with E-state index < -0.39 is 5.91 Å². The van der Waals surface area contributed by atoms with Crippen molar-refractivity contribution in [2.45, 2.75) is 25.7 Å². The summed E-state index contributed by atoms with van der Waals surface area (Å²) in [5, 5.41) is 12.5. The van der Waals surface area contributed by atoms with Crippen LogP contribution in [0.3, 0.4) is 0 Å². The molecule has 4 N–H and O–H groups in total. The molecule has 0 fully saturated rings. The number of carbonyl (C=O) groups excluding carboxylic acids is 1. The predicted molar refractivity (Wildman–Crippen MR) is 105 cm³/mol. The van der Waals surface area contributed by atoms with Crippen molar-refractivity contribution in [1.29, 1.82) is 0 Å². The van der Waals surface area contributed by atoms with Crippen LogP contribution >= 0.6 is 0 Å². The average molecular weight is 373 g/mol. The highest BCUT2D eigenvalue weighted by Crippen LogP contribution is 2.42. The number of fused-ring (bicyclic) bond motifs is 4. The first-order valence-corrected chi connectivity index (χ1v) is 9.03. The summed E-state index contributed by atoms with van der Waals surface area (Å²) < 4.78 is 1.69. The van der Waals surface area contributed by atoms with E-state index in [2.05, 4.69) is 34.6 Å². The number of nitrogen functional groups attached to an aromatic ring is 1. The van der Waals surface area contributed by atoms with Crippen LogP contribution in [-0.4, -0.2) is 30.9 Å². The number of hydrazine groups is 1. The summed E-state index contributed by atoms with van der Waals surface area (Å²) in [5.74, 6) is 4.93. The van der Waals surface area contributed by atoms with Crippen molar-refractivity contribution in [3.05, 3.63) is 59.5 Å². The monoisotopic (exact) mass is 373 g/mol. The topological polar surface area (TPSA) is 115 Å². The zero-order valence-corrected chi connectivity index (χ0v) is 15.5. The van der Waals surface area contributed by atoms with E-state index in [0.29, 0.717) is 11.0 Å². The number of nitrogens with zero attached hydrogens (tertiary/aromatic N) is 4. The van der Waals surface area contributed by atoms with E-state index in [1.165, 1.54) is 0 Å². The second-order valence-corrected chi connectivity index (χ2v) is 7.64. The summed E-state index contributed by atoms with van der Waals surface area (Å²) in [6.45, 7) is 4.36. The second kappa shape index (κ2) is 5.74. The third-order valence-electron chi connectivity index (χ3n) is 5.33. The summed E-state index contributed by atoms with van der Waals surface area (Å²) in [7, 11) is 0. The van der Waals surface area contributed by atoms with E-state index in [4.69, 9.17) is 10.8 Å². The Bertz CT molecular complexity index is 1220. The molecular weight excluding hydrogens is 354 g/mol. The molecule has 0 saturated carbocycles. The lowest BCUT2D eigenvalue weighted by Gasteiger charge is -2.30. The first-order valence-electron chi connectivity index (χ1n) is 9.03. The van der Waals surface area contributed by atoms with Crippen LogP contribution in [0.5, 0.6) is 0 Å². The number of hydrogen-bond donors (Lipinski definition) is 3. The fraction of sp³-hybridized carbons (Fsp3) is 0.200. The summed E-state index contributed by atoms with van der Waals surface area (Å²) in [6, 6.07) is 11.6. The fourth-order valence-electron chi connectivity index (χ4n) is 3.93. The van der Waals surface area contributed by atoms with E-state index in [-0.39, 0.29) is 11.1 Å². The van der Waals surface area contributed by atoms with Gasteiger partial charge in [0, 0.05) is 11.1 Å². The molecule has 5 rings (SSSR count). The molecule has 0 unspecified atom stereocenters. The van der Waals surface area contributed by atoms with Crippen molar-refractivity contribution in [2.75, 3.05) is 0 Å². The van der Waals surface area contributed by atoms with Gasteiger partial charge >= 0.3 is 0 Å². The van der Waals surface area contributed by atoms with Gasteiger partial charge in [0.25, 0.3) is 5.91 Å². The first kappa shape index (κ1) is 16.6. The Balaban J connectivity index is 1.83. The summed E-state index contributed by atoms with van der Waals surface area (Å²) in [4.78, 5) is 17.3. The smallest absolute Gasteiger partial charge is 0.286 e. The number of aromatic amines is 1. The van der Waals surface area contributed by atoms with Gasteiger partial charge in [-0.15, -0.1) is 0 Å². The molecule has 0 saturated heterocycles. The van der Waals surface area contributed by atoms with Crippen molar-refractivity contribution in [2.24, 2.45) is 5.84 Å². The van der Waals surface area contributed by atoms with Gasteiger partial charge in [0.05, 0.1) is 28.7 Å². The van der Waals surface area contributed by atoms with E-state index in [1.807, 2.05) is 42.6 Å². The molecule has 4 aromatic rings. The van der Waals surface area contributed by atoms with Crippen molar-refractivity contribution < 1.29 is 4.79 Å². The van der Waals surface area contributed by atoms with Crippen LogP contribution in [0.4, 0.5) is 0 Å². The largest absolute Gasteiger partial charge is 0.289 e. The quantitative estimate of drug-likeness (QED) is 0.283. The number of rotatable bonds is 2. The molecule has 1 aromatic carbocycles. The molecule has 28 heavy (non-hydrogen) atoms. The molecule has 0 aliphatic heterocycles. The molecule has 140 valence electrons. The Morgan fingerprint density at radius 3 is 2.82 bits per heavy atom. The third-order valence-corrected chi connectivity index (χ3v) is 5.33. The van der Waals surface area contributed by atoms with Gasteiger partial charge in [-0.25, -0.2) is 15.5 Å². The maximum Gasteiger partial charge on any atom is 0.286 e. The minimum absolute atomic E-state index is 0.0922. The maximum absolute atomic E-state index is 12.4. The third kappa shape index (κ3) is 2.28. The highest BCUT2D eigenvalue weighted by atomic mass is 16.2. The van der Waals surface area contributed by atoms with Gasteiger partial charge in [-0.3, -0.25) is 15.3 Å². The minimum Gasteiger partial charge on any atom is -0.289 e. The Labute approximate surface area is 160 Å². The van der Waals surface area contributed by atoms with Gasteiger partial charge in [-0.1, -0.05) is 32.0 Å². The number of benzene rings is 1. The number of nitrogens with one attached hydrogen (secondary N) is 2. The molecule has 1 amide bonds. The van der Waals surface area contributed by atoms with Crippen LogP contribution in [0.1, 0.15) is 35.6 Å².